The molecule has 0 bridgehead atoms. The molecule has 8 heteroatoms. The number of hydrogen-bond donors (Lipinski definition) is 0. The molecule has 0 radical (unpaired) electrons. The molecular formula is C15H20N6O2. The zero-order valence-corrected chi connectivity index (χ0v) is 13.3. The van der Waals surface area contributed by atoms with Gasteiger partial charge in [0.2, 0.25) is 17.7 Å². The Kier molecular flexibility index (Phi) is 4.40. The lowest BCUT2D eigenvalue weighted by molar-refractivity contribution is -0.134. The maximum atomic E-state index is 12.5. The summed E-state index contributed by atoms with van der Waals surface area (Å²) >= 11 is 0. The van der Waals surface area contributed by atoms with Crippen molar-refractivity contribution in [1.29, 1.82) is 0 Å². The lowest BCUT2D eigenvalue weighted by Gasteiger charge is -2.36. The van der Waals surface area contributed by atoms with Crippen LogP contribution in [0.3, 0.4) is 0 Å². The van der Waals surface area contributed by atoms with Crippen molar-refractivity contribution < 1.29 is 9.53 Å². The normalized spacial score (nSPS) is 16.3. The van der Waals surface area contributed by atoms with E-state index < -0.39 is 0 Å². The Hall–Kier alpha value is -2.64. The number of amides is 1. The van der Waals surface area contributed by atoms with E-state index >= 15 is 0 Å². The lowest BCUT2D eigenvalue weighted by atomic mass is 10.2. The molecule has 1 fully saturated rings. The largest absolute Gasteiger partial charge is 0.481 e. The molecule has 0 N–H and O–H groups in total. The van der Waals surface area contributed by atoms with Gasteiger partial charge >= 0.3 is 0 Å². The molecule has 2 aromatic heterocycles. The molecule has 2 aromatic rings. The van der Waals surface area contributed by atoms with Gasteiger partial charge in [-0.3, -0.25) is 4.79 Å². The maximum absolute atomic E-state index is 12.5. The summed E-state index contributed by atoms with van der Waals surface area (Å²) in [5.41, 5.74) is 0. The minimum Gasteiger partial charge on any atom is -0.481 e. The van der Waals surface area contributed by atoms with Crippen LogP contribution in [0.1, 0.15) is 13.0 Å². The Morgan fingerprint density at radius 3 is 2.70 bits per heavy atom. The van der Waals surface area contributed by atoms with Crippen molar-refractivity contribution in [3.63, 3.8) is 0 Å². The fourth-order valence-corrected chi connectivity index (χ4v) is 2.62. The number of rotatable bonds is 4. The molecule has 0 aromatic carbocycles. The van der Waals surface area contributed by atoms with Crippen molar-refractivity contribution in [2.45, 2.75) is 13.0 Å². The number of hydrogen-bond acceptors (Lipinski definition) is 6. The number of piperazine rings is 1. The Morgan fingerprint density at radius 2 is 2.04 bits per heavy atom. The maximum Gasteiger partial charge on any atom is 0.245 e. The van der Waals surface area contributed by atoms with E-state index in [1.54, 1.807) is 31.9 Å². The second-order valence-corrected chi connectivity index (χ2v) is 5.40. The van der Waals surface area contributed by atoms with Crippen LogP contribution < -0.4 is 9.64 Å². The van der Waals surface area contributed by atoms with Crippen LogP contribution in [0.5, 0.6) is 5.88 Å². The van der Waals surface area contributed by atoms with Crippen LogP contribution in [0.2, 0.25) is 0 Å². The van der Waals surface area contributed by atoms with Crippen molar-refractivity contribution in [2.24, 2.45) is 0 Å². The molecule has 23 heavy (non-hydrogen) atoms. The molecule has 0 spiro atoms. The predicted octanol–water partition coefficient (Wildman–Crippen LogP) is 0.591. The smallest absolute Gasteiger partial charge is 0.245 e. The van der Waals surface area contributed by atoms with Gasteiger partial charge < -0.3 is 19.1 Å². The highest BCUT2D eigenvalue weighted by Crippen LogP contribution is 2.16. The summed E-state index contributed by atoms with van der Waals surface area (Å²) < 4.78 is 6.95. The number of nitrogens with zero attached hydrogens (tertiary/aromatic N) is 6. The average Bonchev–Trinajstić information content (AvgIpc) is 3.15. The van der Waals surface area contributed by atoms with E-state index in [1.807, 2.05) is 22.6 Å². The third kappa shape index (κ3) is 3.25. The number of carbonyl (C=O) groups excluding carboxylic acids is 1. The molecule has 8 nitrogen and oxygen atoms in total. The van der Waals surface area contributed by atoms with Gasteiger partial charge in [0, 0.05) is 50.8 Å². The second kappa shape index (κ2) is 6.64. The topological polar surface area (TPSA) is 76.4 Å². The first-order chi connectivity index (χ1) is 11.2. The third-order valence-electron chi connectivity index (χ3n) is 4.03. The molecule has 0 saturated carbocycles. The van der Waals surface area contributed by atoms with Gasteiger partial charge in [0.1, 0.15) is 6.04 Å². The van der Waals surface area contributed by atoms with Crippen molar-refractivity contribution in [3.05, 3.63) is 31.0 Å². The first kappa shape index (κ1) is 15.3. The third-order valence-corrected chi connectivity index (χ3v) is 4.03. The number of carbonyl (C=O) groups is 1. The van der Waals surface area contributed by atoms with E-state index in [-0.39, 0.29) is 11.9 Å². The molecule has 1 unspecified atom stereocenters. The summed E-state index contributed by atoms with van der Waals surface area (Å²) in [7, 11) is 1.58. The van der Waals surface area contributed by atoms with Crippen molar-refractivity contribution in [1.82, 2.24) is 24.4 Å². The van der Waals surface area contributed by atoms with E-state index in [0.29, 0.717) is 38.0 Å². The minimum absolute atomic E-state index is 0.106. The summed E-state index contributed by atoms with van der Waals surface area (Å²) in [5.74, 6) is 1.29. The van der Waals surface area contributed by atoms with Gasteiger partial charge in [-0.1, -0.05) is 0 Å². The molecule has 3 rings (SSSR count). The van der Waals surface area contributed by atoms with Crippen LogP contribution in [0.25, 0.3) is 0 Å². The Labute approximate surface area is 134 Å². The van der Waals surface area contributed by atoms with Gasteiger partial charge in [0.05, 0.1) is 13.4 Å². The molecular weight excluding hydrogens is 296 g/mol. The Morgan fingerprint density at radius 1 is 1.26 bits per heavy atom. The second-order valence-electron chi connectivity index (χ2n) is 5.40. The van der Waals surface area contributed by atoms with Crippen LogP contribution in [-0.4, -0.2) is 63.6 Å². The summed E-state index contributed by atoms with van der Waals surface area (Å²) in [6, 6.07) is 1.48. The zero-order chi connectivity index (χ0) is 16.2. The molecule has 1 atom stereocenters. The van der Waals surface area contributed by atoms with Crippen LogP contribution >= 0.6 is 0 Å². The fraction of sp³-hybridized carbons (Fsp3) is 0.467. The van der Waals surface area contributed by atoms with Gasteiger partial charge in [-0.15, -0.1) is 0 Å². The van der Waals surface area contributed by atoms with Gasteiger partial charge in [-0.05, 0) is 6.92 Å². The van der Waals surface area contributed by atoms with E-state index in [9.17, 15) is 4.79 Å². The summed E-state index contributed by atoms with van der Waals surface area (Å²) in [4.78, 5) is 29.1. The van der Waals surface area contributed by atoms with E-state index in [0.717, 1.165) is 0 Å². The SMILES string of the molecule is COc1ccnc(N2CCN(C(=O)C(C)n3ccnc3)CC2)n1. The fourth-order valence-electron chi connectivity index (χ4n) is 2.62. The highest BCUT2D eigenvalue weighted by Gasteiger charge is 2.26. The van der Waals surface area contributed by atoms with E-state index in [4.69, 9.17) is 4.74 Å². The van der Waals surface area contributed by atoms with Crippen LogP contribution in [0, 0.1) is 0 Å². The first-order valence-corrected chi connectivity index (χ1v) is 7.57. The number of methoxy groups -OCH3 is 1. The highest BCUT2D eigenvalue weighted by atomic mass is 16.5. The summed E-state index contributed by atoms with van der Waals surface area (Å²) in [6.07, 6.45) is 6.84. The Bertz CT molecular complexity index is 652. The number of aromatic nitrogens is 4. The molecule has 122 valence electrons. The van der Waals surface area contributed by atoms with Gasteiger partial charge in [0.25, 0.3) is 0 Å². The van der Waals surface area contributed by atoms with Crippen LogP contribution in [0.15, 0.2) is 31.0 Å². The summed E-state index contributed by atoms with van der Waals surface area (Å²) in [5, 5.41) is 0. The predicted molar refractivity (Wildman–Crippen MR) is 84.3 cm³/mol. The molecule has 1 saturated heterocycles. The van der Waals surface area contributed by atoms with Gasteiger partial charge in [-0.25, -0.2) is 9.97 Å². The monoisotopic (exact) mass is 316 g/mol. The first-order valence-electron chi connectivity index (χ1n) is 7.57. The molecule has 0 aliphatic carbocycles. The van der Waals surface area contributed by atoms with Crippen molar-refractivity contribution >= 4 is 11.9 Å². The molecule has 3 heterocycles. The number of ether oxygens (including phenoxy) is 1. The van der Waals surface area contributed by atoms with Crippen molar-refractivity contribution in [2.75, 3.05) is 38.2 Å². The minimum atomic E-state index is -0.239. The van der Waals surface area contributed by atoms with Gasteiger partial charge in [-0.2, -0.15) is 4.98 Å². The molecule has 1 aliphatic rings. The van der Waals surface area contributed by atoms with Crippen molar-refractivity contribution in [3.8, 4) is 5.88 Å². The van der Waals surface area contributed by atoms with Crippen LogP contribution in [-0.2, 0) is 4.79 Å². The van der Waals surface area contributed by atoms with E-state index in [2.05, 4.69) is 19.9 Å². The standard InChI is InChI=1S/C15H20N6O2/c1-12(21-6-5-16-11-21)14(22)19-7-9-20(10-8-19)15-17-4-3-13(18-15)23-2/h3-6,11-12H,7-10H2,1-2H3. The number of imidazole rings is 1. The average molecular weight is 316 g/mol. The highest BCUT2D eigenvalue weighted by molar-refractivity contribution is 5.80. The molecule has 1 aliphatic heterocycles. The lowest BCUT2D eigenvalue weighted by Crippen LogP contribution is -2.50. The Balaban J connectivity index is 1.60. The summed E-state index contributed by atoms with van der Waals surface area (Å²) in [6.45, 7) is 4.60. The van der Waals surface area contributed by atoms with Gasteiger partial charge in [0.15, 0.2) is 0 Å². The number of anilines is 1. The molecule has 1 amide bonds. The zero-order valence-electron chi connectivity index (χ0n) is 13.3. The van der Waals surface area contributed by atoms with Crippen LogP contribution in [0.4, 0.5) is 5.95 Å². The quantitative estimate of drug-likeness (QED) is 0.822. The van der Waals surface area contributed by atoms with E-state index in [1.165, 1.54) is 0 Å².